The monoisotopic (exact) mass is 388 g/mol. The van der Waals surface area contributed by atoms with Crippen LogP contribution in [0.5, 0.6) is 5.75 Å². The van der Waals surface area contributed by atoms with E-state index in [1.165, 1.54) is 17.7 Å². The molecule has 1 N–H and O–H groups in total. The maximum Gasteiger partial charge on any atom is 0.151 e. The van der Waals surface area contributed by atoms with Gasteiger partial charge in [-0.25, -0.2) is 4.39 Å². The van der Waals surface area contributed by atoms with Crippen molar-refractivity contribution in [1.82, 2.24) is 4.90 Å². The number of hydrogen-bond donors (Lipinski definition) is 1. The average Bonchev–Trinajstić information content (AvgIpc) is 2.72. The Morgan fingerprint density at radius 2 is 1.72 bits per heavy atom. The fourth-order valence-electron chi connectivity index (χ4n) is 3.82. The van der Waals surface area contributed by atoms with Crippen LogP contribution in [0.1, 0.15) is 37.6 Å². The second-order valence-electron chi connectivity index (χ2n) is 8.10. The third-order valence-corrected chi connectivity index (χ3v) is 5.57. The molecule has 3 nitrogen and oxygen atoms in total. The number of para-hydroxylation sites is 1. The summed E-state index contributed by atoms with van der Waals surface area (Å²) in [6.45, 7) is 4.33. The zero-order valence-electron chi connectivity index (χ0n) is 16.7. The van der Waals surface area contributed by atoms with E-state index >= 15 is 0 Å². The number of phenolic OH excluding ortho intramolecular Hbond substituents is 1. The number of aromatic hydroxyl groups is 1. The van der Waals surface area contributed by atoms with Gasteiger partial charge in [0.15, 0.2) is 6.17 Å². The molecule has 0 saturated carbocycles. The number of nitrogens with zero attached hydrogens (tertiary/aromatic N) is 2. The van der Waals surface area contributed by atoms with E-state index in [1.54, 1.807) is 18.2 Å². The highest BCUT2D eigenvalue weighted by Gasteiger charge is 2.33. The topological polar surface area (TPSA) is 35.8 Å². The lowest BCUT2D eigenvalue weighted by atomic mass is 9.91. The predicted molar refractivity (Wildman–Crippen MR) is 113 cm³/mol. The highest BCUT2D eigenvalue weighted by atomic mass is 19.1. The van der Waals surface area contributed by atoms with Crippen molar-refractivity contribution in [3.8, 4) is 5.75 Å². The Morgan fingerprint density at radius 1 is 1.00 bits per heavy atom. The van der Waals surface area contributed by atoms with Gasteiger partial charge in [-0.15, -0.1) is 0 Å². The van der Waals surface area contributed by atoms with Gasteiger partial charge in [0, 0.05) is 22.5 Å². The molecule has 0 spiro atoms. The van der Waals surface area contributed by atoms with Crippen LogP contribution in [0.15, 0.2) is 77.8 Å². The van der Waals surface area contributed by atoms with E-state index in [-0.39, 0.29) is 23.3 Å². The minimum Gasteiger partial charge on any atom is -0.508 e. The fraction of sp³-hybridized carbons (Fsp3) is 0.240. The molecule has 1 aliphatic rings. The van der Waals surface area contributed by atoms with Crippen molar-refractivity contribution < 1.29 is 9.50 Å². The first-order valence-corrected chi connectivity index (χ1v) is 9.89. The maximum absolute atomic E-state index is 13.9. The van der Waals surface area contributed by atoms with Gasteiger partial charge in [0.1, 0.15) is 11.6 Å². The van der Waals surface area contributed by atoms with Crippen LogP contribution in [-0.4, -0.2) is 15.5 Å². The summed E-state index contributed by atoms with van der Waals surface area (Å²) in [4.78, 5) is 7.03. The summed E-state index contributed by atoms with van der Waals surface area (Å²) in [6.07, 6.45) is 3.41. The first-order chi connectivity index (χ1) is 13.9. The lowest BCUT2D eigenvalue weighted by molar-refractivity contribution is 0.137. The van der Waals surface area contributed by atoms with Crippen molar-refractivity contribution in [3.05, 3.63) is 100 Å². The van der Waals surface area contributed by atoms with Gasteiger partial charge in [0.2, 0.25) is 0 Å². The molecule has 1 unspecified atom stereocenters. The Kier molecular flexibility index (Phi) is 5.10. The summed E-state index contributed by atoms with van der Waals surface area (Å²) in [5.74, 6) is -0.0673. The van der Waals surface area contributed by atoms with E-state index in [4.69, 9.17) is 4.99 Å². The van der Waals surface area contributed by atoms with Gasteiger partial charge < -0.3 is 10.0 Å². The van der Waals surface area contributed by atoms with Crippen LogP contribution in [0, 0.1) is 5.82 Å². The fourth-order valence-corrected chi connectivity index (χ4v) is 3.82. The molecule has 0 fully saturated rings. The van der Waals surface area contributed by atoms with Crippen molar-refractivity contribution in [1.29, 1.82) is 0 Å². The van der Waals surface area contributed by atoms with Gasteiger partial charge in [-0.05, 0) is 56.5 Å². The summed E-state index contributed by atoms with van der Waals surface area (Å²) in [5.41, 5.74) is 1.75. The quantitative estimate of drug-likeness (QED) is 0.707. The molecular weight excluding hydrogens is 363 g/mol. The molecule has 0 aliphatic carbocycles. The van der Waals surface area contributed by atoms with Crippen LogP contribution in [-0.2, 0) is 6.42 Å². The van der Waals surface area contributed by atoms with Gasteiger partial charge in [0.25, 0.3) is 0 Å². The predicted octanol–water partition coefficient (Wildman–Crippen LogP) is 4.31. The van der Waals surface area contributed by atoms with Gasteiger partial charge in [-0.3, -0.25) is 4.99 Å². The number of aryl methyl sites for hydroxylation is 1. The van der Waals surface area contributed by atoms with Crippen LogP contribution in [0.4, 0.5) is 4.39 Å². The smallest absolute Gasteiger partial charge is 0.151 e. The molecule has 0 bridgehead atoms. The normalized spacial score (nSPS) is 16.0. The molecule has 4 heteroatoms. The van der Waals surface area contributed by atoms with Crippen molar-refractivity contribution >= 4 is 6.20 Å². The van der Waals surface area contributed by atoms with Crippen LogP contribution < -0.4 is 10.6 Å². The number of halogens is 1. The van der Waals surface area contributed by atoms with Crippen molar-refractivity contribution in [2.75, 3.05) is 0 Å². The minimum atomic E-state index is -0.375. The van der Waals surface area contributed by atoms with Crippen LogP contribution >= 0.6 is 0 Å². The molecule has 148 valence electrons. The molecule has 0 amide bonds. The molecule has 3 aromatic rings. The highest BCUT2D eigenvalue weighted by molar-refractivity contribution is 5.39. The number of phenols is 1. The van der Waals surface area contributed by atoms with E-state index in [0.29, 0.717) is 0 Å². The van der Waals surface area contributed by atoms with Gasteiger partial charge in [-0.2, -0.15) is 0 Å². The Labute approximate surface area is 170 Å². The van der Waals surface area contributed by atoms with Gasteiger partial charge in [0.05, 0.1) is 5.36 Å². The standard InChI is InChI=1S/C25H25FN2O/c1-25(2,15-14-18-8-4-3-5-9-18)28-17-19-16-20(26)12-13-22(19)27-24(28)21-10-6-7-11-23(21)29/h3-13,16-17,24,29H,14-15H2,1-2H3. The Balaban J connectivity index is 1.75. The maximum atomic E-state index is 13.9. The zero-order valence-corrected chi connectivity index (χ0v) is 16.7. The number of benzene rings is 3. The molecule has 29 heavy (non-hydrogen) atoms. The number of rotatable bonds is 5. The van der Waals surface area contributed by atoms with E-state index in [1.807, 2.05) is 24.4 Å². The molecule has 1 atom stereocenters. The van der Waals surface area contributed by atoms with Crippen molar-refractivity contribution in [2.24, 2.45) is 4.99 Å². The first-order valence-electron chi connectivity index (χ1n) is 9.89. The zero-order chi connectivity index (χ0) is 20.4. The first kappa shape index (κ1) is 19.2. The second kappa shape index (κ2) is 7.70. The van der Waals surface area contributed by atoms with Crippen LogP contribution in [0.2, 0.25) is 0 Å². The Hall–Kier alpha value is -3.14. The Bertz CT molecular complexity index is 1130. The van der Waals surface area contributed by atoms with Gasteiger partial charge >= 0.3 is 0 Å². The molecule has 0 radical (unpaired) electrons. The summed E-state index contributed by atoms with van der Waals surface area (Å²) >= 11 is 0. The third kappa shape index (κ3) is 4.02. The van der Waals surface area contributed by atoms with Crippen molar-refractivity contribution in [2.45, 2.75) is 38.4 Å². The summed E-state index contributed by atoms with van der Waals surface area (Å²) in [6, 6.07) is 22.3. The van der Waals surface area contributed by atoms with Crippen molar-refractivity contribution in [3.63, 3.8) is 0 Å². The lowest BCUT2D eigenvalue weighted by Gasteiger charge is -2.43. The molecular formula is C25H25FN2O. The molecule has 1 heterocycles. The summed E-state index contributed by atoms with van der Waals surface area (Å²) in [5, 5.41) is 12.0. The molecule has 1 aliphatic heterocycles. The van der Waals surface area contributed by atoms with E-state index in [9.17, 15) is 9.50 Å². The minimum absolute atomic E-state index is 0.212. The molecule has 0 saturated heterocycles. The third-order valence-electron chi connectivity index (χ3n) is 5.57. The summed E-state index contributed by atoms with van der Waals surface area (Å²) in [7, 11) is 0. The Morgan fingerprint density at radius 3 is 2.48 bits per heavy atom. The largest absolute Gasteiger partial charge is 0.508 e. The lowest BCUT2D eigenvalue weighted by Crippen LogP contribution is -2.48. The number of hydrogen-bond acceptors (Lipinski definition) is 3. The second-order valence-corrected chi connectivity index (χ2v) is 8.10. The van der Waals surface area contributed by atoms with E-state index in [0.717, 1.165) is 29.0 Å². The molecule has 3 aromatic carbocycles. The molecule has 0 aromatic heterocycles. The summed E-state index contributed by atoms with van der Waals surface area (Å²) < 4.78 is 13.9. The van der Waals surface area contributed by atoms with E-state index in [2.05, 4.69) is 43.0 Å². The highest BCUT2D eigenvalue weighted by Crippen LogP contribution is 2.36. The molecule has 4 rings (SSSR count). The average molecular weight is 388 g/mol. The van der Waals surface area contributed by atoms with Crippen LogP contribution in [0.25, 0.3) is 6.20 Å². The number of fused-ring (bicyclic) bond motifs is 1. The van der Waals surface area contributed by atoms with Crippen LogP contribution in [0.3, 0.4) is 0 Å². The van der Waals surface area contributed by atoms with Gasteiger partial charge in [-0.1, -0.05) is 48.5 Å². The van der Waals surface area contributed by atoms with E-state index < -0.39 is 0 Å². The SMILES string of the molecule is CC(C)(CCc1ccccc1)N1C=c2cc(F)ccc2=NC1c1ccccc1O.